The average Bonchev–Trinajstić information content (AvgIpc) is 2.74. The van der Waals surface area contributed by atoms with Crippen molar-refractivity contribution in [3.05, 3.63) is 71.8 Å². The molecule has 156 valence electrons. The van der Waals surface area contributed by atoms with E-state index in [9.17, 15) is 0 Å². The molecule has 6 heteroatoms. The molecule has 0 spiro atoms. The van der Waals surface area contributed by atoms with Crippen molar-refractivity contribution >= 4 is 34.7 Å². The smallest absolute Gasteiger partial charge is 0.166 e. The van der Waals surface area contributed by atoms with Crippen LogP contribution in [0.1, 0.15) is 56.3 Å². The van der Waals surface area contributed by atoms with E-state index in [2.05, 4.69) is 59.4 Å². The summed E-state index contributed by atoms with van der Waals surface area (Å²) in [7, 11) is 0. The van der Waals surface area contributed by atoms with Gasteiger partial charge in [-0.05, 0) is 68.7 Å². The maximum Gasteiger partial charge on any atom is 0.166 e. The summed E-state index contributed by atoms with van der Waals surface area (Å²) in [5.41, 5.74) is 2.46. The molecule has 2 aromatic carbocycles. The van der Waals surface area contributed by atoms with Crippen molar-refractivity contribution < 1.29 is 0 Å². The third-order valence-corrected chi connectivity index (χ3v) is 5.24. The lowest BCUT2D eigenvalue weighted by atomic mass is 10.1. The fourth-order valence-electron chi connectivity index (χ4n) is 2.98. The second-order valence-electron chi connectivity index (χ2n) is 7.13. The summed E-state index contributed by atoms with van der Waals surface area (Å²) in [5.74, 6) is 0. The third kappa shape index (κ3) is 9.24. The van der Waals surface area contributed by atoms with Crippen LogP contribution in [0.5, 0.6) is 0 Å². The largest absolute Gasteiger partial charge is 0.363 e. The molecule has 0 radical (unpaired) electrons. The van der Waals surface area contributed by atoms with Crippen LogP contribution in [0, 0.1) is 0 Å². The molecule has 0 saturated heterocycles. The van der Waals surface area contributed by atoms with Crippen molar-refractivity contribution in [3.63, 3.8) is 0 Å². The lowest BCUT2D eigenvalue weighted by Crippen LogP contribution is -2.37. The molecule has 0 unspecified atom stereocenters. The Bertz CT molecular complexity index is 674. The van der Waals surface area contributed by atoms with Crippen molar-refractivity contribution in [2.45, 2.75) is 45.2 Å². The first-order chi connectivity index (χ1) is 14.1. The number of rotatable bonds is 10. The van der Waals surface area contributed by atoms with E-state index in [1.807, 2.05) is 36.4 Å². The van der Waals surface area contributed by atoms with Crippen molar-refractivity contribution in [3.8, 4) is 0 Å². The standard InChI is InChI=1S/C23H32N4S2/c1-18(20-12-6-3-7-13-20)26-22(28)24-16-10-5-11-17-25-23(29)27-19(2)21-14-8-4-9-15-21/h3-4,6-9,12-15,18-19H,5,10-11,16-17H2,1-2H3,(H2,24,26,28)(H2,25,27,29)/t18-,19+. The number of unbranched alkanes of at least 4 members (excludes halogenated alkanes) is 2. The molecule has 2 aromatic rings. The van der Waals surface area contributed by atoms with E-state index in [0.717, 1.165) is 32.4 Å². The molecule has 0 heterocycles. The van der Waals surface area contributed by atoms with Gasteiger partial charge in [0.25, 0.3) is 0 Å². The molecule has 0 bridgehead atoms. The predicted molar refractivity (Wildman–Crippen MR) is 131 cm³/mol. The topological polar surface area (TPSA) is 48.1 Å². The van der Waals surface area contributed by atoms with Crippen molar-refractivity contribution in [1.82, 2.24) is 21.3 Å². The van der Waals surface area contributed by atoms with Gasteiger partial charge in [-0.1, -0.05) is 60.7 Å². The Balaban J connectivity index is 1.49. The van der Waals surface area contributed by atoms with Gasteiger partial charge in [-0.25, -0.2) is 0 Å². The van der Waals surface area contributed by atoms with Crippen LogP contribution in [0.25, 0.3) is 0 Å². The summed E-state index contributed by atoms with van der Waals surface area (Å²) >= 11 is 10.8. The molecule has 2 atom stereocenters. The van der Waals surface area contributed by atoms with Crippen LogP contribution in [0.15, 0.2) is 60.7 Å². The Morgan fingerprint density at radius 3 is 1.41 bits per heavy atom. The zero-order valence-electron chi connectivity index (χ0n) is 17.3. The number of hydrogen-bond acceptors (Lipinski definition) is 2. The van der Waals surface area contributed by atoms with Gasteiger partial charge in [0.1, 0.15) is 0 Å². The summed E-state index contributed by atoms with van der Waals surface area (Å²) in [6.07, 6.45) is 3.27. The van der Waals surface area contributed by atoms with E-state index in [1.165, 1.54) is 11.1 Å². The highest BCUT2D eigenvalue weighted by Crippen LogP contribution is 2.11. The summed E-state index contributed by atoms with van der Waals surface area (Å²) in [6, 6.07) is 21.0. The summed E-state index contributed by atoms with van der Waals surface area (Å²) in [4.78, 5) is 0. The molecule has 0 aromatic heterocycles. The number of benzene rings is 2. The fourth-order valence-corrected chi connectivity index (χ4v) is 3.53. The zero-order valence-corrected chi connectivity index (χ0v) is 18.9. The SMILES string of the molecule is C[C@H](NC(=S)NCCCCCNC(=S)N[C@H](C)c1ccccc1)c1ccccc1. The molecule has 2 rings (SSSR count). The summed E-state index contributed by atoms with van der Waals surface area (Å²) < 4.78 is 0. The van der Waals surface area contributed by atoms with E-state index < -0.39 is 0 Å². The molecular formula is C23H32N4S2. The molecule has 4 nitrogen and oxygen atoms in total. The molecule has 0 aliphatic carbocycles. The molecule has 0 fully saturated rings. The number of thiocarbonyl (C=S) groups is 2. The van der Waals surface area contributed by atoms with Gasteiger partial charge in [-0.2, -0.15) is 0 Å². The van der Waals surface area contributed by atoms with E-state index in [1.54, 1.807) is 0 Å². The first-order valence-corrected chi connectivity index (χ1v) is 11.1. The van der Waals surface area contributed by atoms with Crippen LogP contribution in [0.4, 0.5) is 0 Å². The zero-order chi connectivity index (χ0) is 20.9. The Labute approximate surface area is 185 Å². The Morgan fingerprint density at radius 1 is 0.655 bits per heavy atom. The Kier molecular flexibility index (Phi) is 10.5. The highest BCUT2D eigenvalue weighted by Gasteiger charge is 2.06. The van der Waals surface area contributed by atoms with Gasteiger partial charge in [0, 0.05) is 13.1 Å². The number of nitrogens with one attached hydrogen (secondary N) is 4. The van der Waals surface area contributed by atoms with E-state index in [4.69, 9.17) is 24.4 Å². The monoisotopic (exact) mass is 428 g/mol. The second kappa shape index (κ2) is 13.1. The molecule has 0 aliphatic rings. The van der Waals surface area contributed by atoms with Crippen LogP contribution in [0.3, 0.4) is 0 Å². The van der Waals surface area contributed by atoms with Gasteiger partial charge >= 0.3 is 0 Å². The normalized spacial score (nSPS) is 12.5. The van der Waals surface area contributed by atoms with Crippen LogP contribution < -0.4 is 21.3 Å². The van der Waals surface area contributed by atoms with Gasteiger partial charge in [0.05, 0.1) is 12.1 Å². The molecular weight excluding hydrogens is 396 g/mol. The minimum Gasteiger partial charge on any atom is -0.363 e. The maximum atomic E-state index is 5.39. The van der Waals surface area contributed by atoms with Crippen molar-refractivity contribution in [1.29, 1.82) is 0 Å². The van der Waals surface area contributed by atoms with Crippen molar-refractivity contribution in [2.24, 2.45) is 0 Å². The van der Waals surface area contributed by atoms with Gasteiger partial charge in [-0.15, -0.1) is 0 Å². The van der Waals surface area contributed by atoms with Crippen LogP contribution in [0.2, 0.25) is 0 Å². The van der Waals surface area contributed by atoms with Gasteiger partial charge in [0.2, 0.25) is 0 Å². The van der Waals surface area contributed by atoms with Gasteiger partial charge < -0.3 is 21.3 Å². The van der Waals surface area contributed by atoms with Crippen LogP contribution >= 0.6 is 24.4 Å². The molecule has 0 amide bonds. The molecule has 0 aliphatic heterocycles. The third-order valence-electron chi connectivity index (χ3n) is 4.72. The predicted octanol–water partition coefficient (Wildman–Crippen LogP) is 4.61. The van der Waals surface area contributed by atoms with Crippen LogP contribution in [-0.2, 0) is 0 Å². The Hall–Kier alpha value is -2.18. The van der Waals surface area contributed by atoms with Gasteiger partial charge in [0.15, 0.2) is 10.2 Å². The lowest BCUT2D eigenvalue weighted by molar-refractivity contribution is 0.630. The number of hydrogen-bond donors (Lipinski definition) is 4. The first-order valence-electron chi connectivity index (χ1n) is 10.2. The molecule has 4 N–H and O–H groups in total. The fraction of sp³-hybridized carbons (Fsp3) is 0.391. The van der Waals surface area contributed by atoms with E-state index in [0.29, 0.717) is 10.2 Å². The highest BCUT2D eigenvalue weighted by atomic mass is 32.1. The Morgan fingerprint density at radius 2 is 1.03 bits per heavy atom. The molecule has 29 heavy (non-hydrogen) atoms. The quantitative estimate of drug-likeness (QED) is 0.328. The lowest BCUT2D eigenvalue weighted by Gasteiger charge is -2.18. The van der Waals surface area contributed by atoms with E-state index >= 15 is 0 Å². The minimum absolute atomic E-state index is 0.201. The van der Waals surface area contributed by atoms with Crippen molar-refractivity contribution in [2.75, 3.05) is 13.1 Å². The maximum absolute atomic E-state index is 5.39. The van der Waals surface area contributed by atoms with E-state index in [-0.39, 0.29) is 12.1 Å². The second-order valence-corrected chi connectivity index (χ2v) is 7.94. The highest BCUT2D eigenvalue weighted by molar-refractivity contribution is 7.80. The first kappa shape index (κ1) is 23.1. The summed E-state index contributed by atoms with van der Waals surface area (Å²) in [5, 5.41) is 14.6. The summed E-state index contributed by atoms with van der Waals surface area (Å²) in [6.45, 7) is 5.98. The minimum atomic E-state index is 0.201. The van der Waals surface area contributed by atoms with Gasteiger partial charge in [-0.3, -0.25) is 0 Å². The van der Waals surface area contributed by atoms with Crippen LogP contribution in [-0.4, -0.2) is 23.3 Å². The molecule has 0 saturated carbocycles. The average molecular weight is 429 g/mol.